The molecule has 3 nitrogen and oxygen atoms in total. The average Bonchev–Trinajstić information content (AvgIpc) is 2.17. The van der Waals surface area contributed by atoms with Gasteiger partial charge in [0, 0.05) is 5.56 Å². The molecular weight excluding hydrogens is 283 g/mol. The lowest BCUT2D eigenvalue weighted by Gasteiger charge is -1.97. The third kappa shape index (κ3) is 2.51. The van der Waals surface area contributed by atoms with Crippen molar-refractivity contribution in [1.29, 1.82) is 0 Å². The van der Waals surface area contributed by atoms with E-state index in [1.54, 1.807) is 24.3 Å². The first-order valence-electron chi connectivity index (χ1n) is 3.59. The van der Waals surface area contributed by atoms with Crippen LogP contribution in [-0.2, 0) is 3.07 Å². The molecule has 0 saturated heterocycles. The Bertz CT molecular complexity index is 329. The maximum Gasteiger partial charge on any atom is 0.347 e. The maximum absolute atomic E-state index is 11.0. The molecule has 4 heteroatoms. The third-order valence-electron chi connectivity index (χ3n) is 1.60. The van der Waals surface area contributed by atoms with Gasteiger partial charge in [0.25, 0.3) is 0 Å². The molecule has 1 aromatic rings. The Hall–Kier alpha value is -0.910. The van der Waals surface area contributed by atoms with Crippen LogP contribution in [0.2, 0.25) is 0 Å². The summed E-state index contributed by atoms with van der Waals surface area (Å²) in [7, 11) is 0. The van der Waals surface area contributed by atoms with Crippen molar-refractivity contribution in [2.45, 2.75) is 6.92 Å². The molecular formula is C9H7IO3. The molecule has 0 aliphatic rings. The molecule has 13 heavy (non-hydrogen) atoms. The summed E-state index contributed by atoms with van der Waals surface area (Å²) in [6.07, 6.45) is 0. The van der Waals surface area contributed by atoms with Crippen molar-refractivity contribution in [2.75, 3.05) is 0 Å². The van der Waals surface area contributed by atoms with Crippen LogP contribution in [0.5, 0.6) is 0 Å². The van der Waals surface area contributed by atoms with Gasteiger partial charge in [-0.15, -0.1) is 0 Å². The average molecular weight is 290 g/mol. The second kappa shape index (κ2) is 4.36. The van der Waals surface area contributed by atoms with Crippen LogP contribution in [0.4, 0.5) is 0 Å². The van der Waals surface area contributed by atoms with E-state index in [0.29, 0.717) is 11.1 Å². The normalized spacial score (nSPS) is 9.38. The highest BCUT2D eigenvalue weighted by Gasteiger charge is 2.06. The Morgan fingerprint density at radius 1 is 1.15 bits per heavy atom. The number of rotatable bonds is 2. The quantitative estimate of drug-likeness (QED) is 0.620. The number of benzene rings is 1. The molecule has 0 spiro atoms. The van der Waals surface area contributed by atoms with Crippen LogP contribution in [-0.4, -0.2) is 11.8 Å². The first-order valence-corrected chi connectivity index (χ1v) is 4.47. The lowest BCUT2D eigenvalue weighted by atomic mass is 10.1. The van der Waals surface area contributed by atoms with Crippen LogP contribution in [0.1, 0.15) is 27.6 Å². The minimum atomic E-state index is -0.407. The van der Waals surface area contributed by atoms with Crippen molar-refractivity contribution in [2.24, 2.45) is 0 Å². The molecule has 0 saturated carbocycles. The van der Waals surface area contributed by atoms with Crippen LogP contribution in [0.15, 0.2) is 24.3 Å². The zero-order valence-electron chi connectivity index (χ0n) is 6.91. The SMILES string of the molecule is CC(=O)c1ccc(C(=O)OI)cc1. The molecule has 0 atom stereocenters. The molecule has 0 aliphatic heterocycles. The Labute approximate surface area is 89.8 Å². The zero-order valence-corrected chi connectivity index (χ0v) is 9.07. The first kappa shape index (κ1) is 10.2. The minimum absolute atomic E-state index is 0.0191. The fraction of sp³-hybridized carbons (Fsp3) is 0.111. The van der Waals surface area contributed by atoms with E-state index in [1.807, 2.05) is 0 Å². The second-order valence-electron chi connectivity index (χ2n) is 2.50. The molecule has 1 aromatic carbocycles. The van der Waals surface area contributed by atoms with Gasteiger partial charge in [-0.1, -0.05) is 12.1 Å². The fourth-order valence-electron chi connectivity index (χ4n) is 0.886. The number of hydrogen-bond donors (Lipinski definition) is 0. The number of Topliss-reactive ketones (excluding diaryl/α,β-unsaturated/α-hetero) is 1. The van der Waals surface area contributed by atoms with Gasteiger partial charge in [-0.3, -0.25) is 4.79 Å². The molecule has 0 fully saturated rings. The minimum Gasteiger partial charge on any atom is -0.391 e. The van der Waals surface area contributed by atoms with Gasteiger partial charge in [-0.05, 0) is 19.1 Å². The summed E-state index contributed by atoms with van der Waals surface area (Å²) >= 11 is 1.52. The predicted octanol–water partition coefficient (Wildman–Crippen LogP) is 2.40. The van der Waals surface area contributed by atoms with Gasteiger partial charge in [0.05, 0.1) is 5.56 Å². The second-order valence-corrected chi connectivity index (χ2v) is 2.94. The van der Waals surface area contributed by atoms with Crippen molar-refractivity contribution in [1.82, 2.24) is 0 Å². The fourth-order valence-corrected chi connectivity index (χ4v) is 1.14. The van der Waals surface area contributed by atoms with Crippen molar-refractivity contribution in [3.63, 3.8) is 0 Å². The first-order chi connectivity index (χ1) is 6.15. The van der Waals surface area contributed by atoms with Crippen LogP contribution in [0.3, 0.4) is 0 Å². The molecule has 0 heterocycles. The number of carbonyl (C=O) groups is 2. The summed E-state index contributed by atoms with van der Waals surface area (Å²) in [5.41, 5.74) is 1.03. The smallest absolute Gasteiger partial charge is 0.347 e. The van der Waals surface area contributed by atoms with E-state index in [2.05, 4.69) is 3.07 Å². The van der Waals surface area contributed by atoms with Gasteiger partial charge in [0.15, 0.2) is 28.8 Å². The molecule has 0 aliphatic carbocycles. The number of halogens is 1. The highest BCUT2D eigenvalue weighted by Crippen LogP contribution is 2.07. The summed E-state index contributed by atoms with van der Waals surface area (Å²) in [5, 5.41) is 0. The summed E-state index contributed by atoms with van der Waals surface area (Å²) in [5.74, 6) is -0.426. The van der Waals surface area contributed by atoms with Gasteiger partial charge in [-0.25, -0.2) is 4.79 Å². The van der Waals surface area contributed by atoms with Gasteiger partial charge >= 0.3 is 5.97 Å². The van der Waals surface area contributed by atoms with Crippen molar-refractivity contribution in [3.8, 4) is 0 Å². The van der Waals surface area contributed by atoms with Crippen LogP contribution in [0.25, 0.3) is 0 Å². The van der Waals surface area contributed by atoms with Gasteiger partial charge < -0.3 is 3.07 Å². The molecule has 0 N–H and O–H groups in total. The lowest BCUT2D eigenvalue weighted by molar-refractivity contribution is 0.0799. The topological polar surface area (TPSA) is 43.4 Å². The molecule has 0 unspecified atom stereocenters. The third-order valence-corrected chi connectivity index (χ3v) is 2.00. The number of hydrogen-bond acceptors (Lipinski definition) is 3. The Morgan fingerprint density at radius 2 is 1.62 bits per heavy atom. The largest absolute Gasteiger partial charge is 0.391 e. The highest BCUT2D eigenvalue weighted by atomic mass is 127. The van der Waals surface area contributed by atoms with E-state index in [-0.39, 0.29) is 5.78 Å². The molecule has 0 radical (unpaired) electrons. The van der Waals surface area contributed by atoms with Gasteiger partial charge in [-0.2, -0.15) is 0 Å². The van der Waals surface area contributed by atoms with Gasteiger partial charge in [0.1, 0.15) is 0 Å². The molecule has 0 aromatic heterocycles. The van der Waals surface area contributed by atoms with E-state index in [4.69, 9.17) is 0 Å². The van der Waals surface area contributed by atoms with Crippen LogP contribution < -0.4 is 0 Å². The van der Waals surface area contributed by atoms with E-state index >= 15 is 0 Å². The van der Waals surface area contributed by atoms with Crippen molar-refractivity contribution in [3.05, 3.63) is 35.4 Å². The maximum atomic E-state index is 11.0. The Kier molecular flexibility index (Phi) is 3.41. The Balaban J connectivity index is 2.93. The summed E-state index contributed by atoms with van der Waals surface area (Å²) in [6.45, 7) is 1.48. The molecule has 0 bridgehead atoms. The Morgan fingerprint density at radius 3 is 2.00 bits per heavy atom. The summed E-state index contributed by atoms with van der Waals surface area (Å²) < 4.78 is 4.48. The number of ketones is 1. The molecule has 0 amide bonds. The highest BCUT2D eigenvalue weighted by molar-refractivity contribution is 14.1. The molecule has 1 rings (SSSR count). The van der Waals surface area contributed by atoms with E-state index < -0.39 is 5.97 Å². The van der Waals surface area contributed by atoms with E-state index in [1.165, 1.54) is 29.9 Å². The summed E-state index contributed by atoms with van der Waals surface area (Å²) in [4.78, 5) is 21.9. The van der Waals surface area contributed by atoms with E-state index in [9.17, 15) is 9.59 Å². The summed E-state index contributed by atoms with van der Waals surface area (Å²) in [6, 6.07) is 6.34. The van der Waals surface area contributed by atoms with Crippen molar-refractivity contribution < 1.29 is 12.7 Å². The molecule has 68 valence electrons. The van der Waals surface area contributed by atoms with Gasteiger partial charge in [0.2, 0.25) is 0 Å². The standard InChI is InChI=1S/C9H7IO3/c1-6(11)7-2-4-8(5-3-7)9(12)13-10/h2-5H,1H3. The monoisotopic (exact) mass is 290 g/mol. The lowest BCUT2D eigenvalue weighted by Crippen LogP contribution is -1.99. The number of carbonyl (C=O) groups excluding carboxylic acids is 2. The van der Waals surface area contributed by atoms with Crippen LogP contribution >= 0.6 is 23.0 Å². The van der Waals surface area contributed by atoms with E-state index in [0.717, 1.165) is 0 Å². The zero-order chi connectivity index (χ0) is 9.84. The van der Waals surface area contributed by atoms with Crippen LogP contribution in [0, 0.1) is 0 Å². The predicted molar refractivity (Wildman–Crippen MR) is 55.9 cm³/mol. The van der Waals surface area contributed by atoms with Crippen molar-refractivity contribution >= 4 is 34.8 Å².